The first-order valence-electron chi connectivity index (χ1n) is 12.7. The van der Waals surface area contributed by atoms with Crippen molar-refractivity contribution in [2.75, 3.05) is 40.4 Å². The summed E-state index contributed by atoms with van der Waals surface area (Å²) in [5.74, 6) is 0.0279. The Labute approximate surface area is 213 Å². The molecule has 1 saturated heterocycles. The normalized spacial score (nSPS) is 19.8. The Morgan fingerprint density at radius 3 is 2.33 bits per heavy atom. The number of esters is 1. The van der Waals surface area contributed by atoms with E-state index in [1.165, 1.54) is 0 Å². The number of hydrogen-bond acceptors (Lipinski definition) is 5. The van der Waals surface area contributed by atoms with E-state index < -0.39 is 5.92 Å². The number of fused-ring (bicyclic) bond motifs is 1. The lowest BCUT2D eigenvalue weighted by Crippen LogP contribution is -2.39. The smallest absolute Gasteiger partial charge is 0.311 e. The fourth-order valence-corrected chi connectivity index (χ4v) is 5.35. The lowest BCUT2D eigenvalue weighted by Gasteiger charge is -2.29. The van der Waals surface area contributed by atoms with Gasteiger partial charge in [-0.2, -0.15) is 0 Å². The summed E-state index contributed by atoms with van der Waals surface area (Å²) in [6, 6.07) is 22.1. The Bertz CT molecular complexity index is 1190. The summed E-state index contributed by atoms with van der Waals surface area (Å²) in [6.45, 7) is 5.74. The maximum absolute atomic E-state index is 13.5. The number of hydrogen-bond donors (Lipinski definition) is 0. The van der Waals surface area contributed by atoms with Crippen molar-refractivity contribution in [3.05, 3.63) is 77.9 Å². The minimum absolute atomic E-state index is 0.0529. The van der Waals surface area contributed by atoms with Gasteiger partial charge in [0, 0.05) is 32.1 Å². The van der Waals surface area contributed by atoms with Crippen LogP contribution in [0.4, 0.5) is 0 Å². The van der Waals surface area contributed by atoms with Crippen LogP contribution in [0.1, 0.15) is 43.4 Å². The second-order valence-corrected chi connectivity index (χ2v) is 9.45. The van der Waals surface area contributed by atoms with Gasteiger partial charge in [-0.05, 0) is 47.4 Å². The number of benzene rings is 3. The summed E-state index contributed by atoms with van der Waals surface area (Å²) in [7, 11) is 3.48. The fourth-order valence-electron chi connectivity index (χ4n) is 5.35. The number of nitrogens with zero attached hydrogens (tertiary/aromatic N) is 2. The first kappa shape index (κ1) is 25.7. The summed E-state index contributed by atoms with van der Waals surface area (Å²) in [5.41, 5.74) is 2.06. The second-order valence-electron chi connectivity index (χ2n) is 9.45. The van der Waals surface area contributed by atoms with Crippen LogP contribution in [0.25, 0.3) is 10.8 Å². The molecular weight excluding hydrogens is 452 g/mol. The minimum Gasteiger partial charge on any atom is -0.497 e. The summed E-state index contributed by atoms with van der Waals surface area (Å²) in [4.78, 5) is 30.6. The number of carbonyl (C=O) groups excluding carboxylic acids is 2. The molecule has 190 valence electrons. The number of ether oxygens (including phenoxy) is 2. The summed E-state index contributed by atoms with van der Waals surface area (Å²) < 4.78 is 11.0. The van der Waals surface area contributed by atoms with E-state index in [4.69, 9.17) is 9.47 Å². The topological polar surface area (TPSA) is 59.1 Å². The molecule has 3 aromatic rings. The van der Waals surface area contributed by atoms with Crippen LogP contribution in [0, 0.1) is 5.92 Å². The van der Waals surface area contributed by atoms with E-state index in [0.29, 0.717) is 19.7 Å². The van der Waals surface area contributed by atoms with E-state index in [9.17, 15) is 9.59 Å². The highest BCUT2D eigenvalue weighted by Gasteiger charge is 2.48. The van der Waals surface area contributed by atoms with Crippen LogP contribution in [0.15, 0.2) is 66.7 Å². The molecule has 1 amide bonds. The van der Waals surface area contributed by atoms with E-state index in [1.54, 1.807) is 12.0 Å². The molecule has 3 atom stereocenters. The van der Waals surface area contributed by atoms with Crippen molar-refractivity contribution in [3.8, 4) is 5.75 Å². The number of rotatable bonds is 9. The predicted molar refractivity (Wildman–Crippen MR) is 142 cm³/mol. The highest BCUT2D eigenvalue weighted by molar-refractivity contribution is 5.84. The molecule has 0 radical (unpaired) electrons. The maximum Gasteiger partial charge on any atom is 0.311 e. The fraction of sp³-hybridized carbons (Fsp3) is 0.400. The molecule has 0 aromatic heterocycles. The molecule has 1 fully saturated rings. The van der Waals surface area contributed by atoms with Gasteiger partial charge in [0.2, 0.25) is 5.91 Å². The van der Waals surface area contributed by atoms with Gasteiger partial charge in [0.05, 0.1) is 26.2 Å². The van der Waals surface area contributed by atoms with Gasteiger partial charge in [-0.25, -0.2) is 0 Å². The molecule has 0 spiro atoms. The predicted octanol–water partition coefficient (Wildman–Crippen LogP) is 5.04. The van der Waals surface area contributed by atoms with Crippen molar-refractivity contribution in [2.24, 2.45) is 5.92 Å². The third-order valence-corrected chi connectivity index (χ3v) is 7.14. The van der Waals surface area contributed by atoms with E-state index in [2.05, 4.69) is 42.2 Å². The molecule has 0 bridgehead atoms. The van der Waals surface area contributed by atoms with Gasteiger partial charge in [-0.3, -0.25) is 14.5 Å². The molecule has 1 aliphatic rings. The summed E-state index contributed by atoms with van der Waals surface area (Å²) in [5, 5.41) is 2.29. The Balaban J connectivity index is 1.77. The molecule has 1 heterocycles. The van der Waals surface area contributed by atoms with Crippen LogP contribution in [0.2, 0.25) is 0 Å². The van der Waals surface area contributed by atoms with Crippen LogP contribution in [0.5, 0.6) is 5.75 Å². The summed E-state index contributed by atoms with van der Waals surface area (Å²) >= 11 is 0. The molecule has 0 N–H and O–H groups in total. The highest BCUT2D eigenvalue weighted by atomic mass is 16.5. The van der Waals surface area contributed by atoms with Crippen LogP contribution in [0.3, 0.4) is 0 Å². The zero-order valence-electron chi connectivity index (χ0n) is 21.6. The Kier molecular flexibility index (Phi) is 8.26. The minimum atomic E-state index is -0.441. The third-order valence-electron chi connectivity index (χ3n) is 7.14. The maximum atomic E-state index is 13.5. The van der Waals surface area contributed by atoms with Gasteiger partial charge >= 0.3 is 5.97 Å². The molecule has 3 aromatic carbocycles. The molecule has 6 heteroatoms. The van der Waals surface area contributed by atoms with Crippen molar-refractivity contribution in [1.82, 2.24) is 9.80 Å². The van der Waals surface area contributed by atoms with Gasteiger partial charge in [0.15, 0.2) is 0 Å². The third kappa shape index (κ3) is 5.39. The van der Waals surface area contributed by atoms with Crippen LogP contribution < -0.4 is 4.74 Å². The van der Waals surface area contributed by atoms with Gasteiger partial charge in [-0.1, -0.05) is 61.5 Å². The number of likely N-dealkylation sites (N-methyl/N-ethyl adjacent to an activating group) is 1. The van der Waals surface area contributed by atoms with Crippen LogP contribution in [-0.4, -0.2) is 62.1 Å². The molecule has 6 nitrogen and oxygen atoms in total. The molecule has 4 rings (SSSR count). The van der Waals surface area contributed by atoms with E-state index in [0.717, 1.165) is 34.1 Å². The largest absolute Gasteiger partial charge is 0.497 e. The Morgan fingerprint density at radius 2 is 1.67 bits per heavy atom. The van der Waals surface area contributed by atoms with Gasteiger partial charge in [0.1, 0.15) is 5.75 Å². The zero-order chi connectivity index (χ0) is 25.7. The van der Waals surface area contributed by atoms with E-state index in [1.807, 2.05) is 50.4 Å². The zero-order valence-corrected chi connectivity index (χ0v) is 21.6. The Morgan fingerprint density at radius 1 is 0.972 bits per heavy atom. The average molecular weight is 489 g/mol. The van der Waals surface area contributed by atoms with Gasteiger partial charge in [0.25, 0.3) is 0 Å². The number of amides is 1. The molecule has 0 saturated carbocycles. The van der Waals surface area contributed by atoms with Crippen molar-refractivity contribution in [1.29, 1.82) is 0 Å². The van der Waals surface area contributed by atoms with Crippen molar-refractivity contribution < 1.29 is 19.1 Å². The Hall–Kier alpha value is -3.38. The lowest BCUT2D eigenvalue weighted by molar-refractivity contribution is -0.149. The standard InChI is InChI=1S/C30H36N2O4/c1-5-17-31(3)27(33)20-32-19-26(24-12-11-21-9-7-8-10-23(21)18-24)28(30(34)36-6-2)29(32)22-13-15-25(35-4)16-14-22/h7-16,18,26,28-29H,5-6,17,19-20H2,1-4H3/t26-,28-,29+/m1/s1. The first-order valence-corrected chi connectivity index (χ1v) is 12.7. The quantitative estimate of drug-likeness (QED) is 0.395. The van der Waals surface area contributed by atoms with Crippen LogP contribution in [-0.2, 0) is 14.3 Å². The molecule has 0 aliphatic carbocycles. The SMILES string of the molecule is CCCN(C)C(=O)CN1C[C@H](c2ccc3ccccc3c2)[C@@H](C(=O)OCC)[C@@H]1c1ccc(OC)cc1. The van der Waals surface area contributed by atoms with E-state index in [-0.39, 0.29) is 30.4 Å². The number of methoxy groups -OCH3 is 1. The summed E-state index contributed by atoms with van der Waals surface area (Å²) in [6.07, 6.45) is 0.898. The molecule has 36 heavy (non-hydrogen) atoms. The molecule has 0 unspecified atom stereocenters. The highest BCUT2D eigenvalue weighted by Crippen LogP contribution is 2.47. The monoisotopic (exact) mass is 488 g/mol. The average Bonchev–Trinajstić information content (AvgIpc) is 3.27. The number of likely N-dealkylation sites (tertiary alicyclic amines) is 1. The molecular formula is C30H36N2O4. The lowest BCUT2D eigenvalue weighted by atomic mass is 9.82. The molecule has 1 aliphatic heterocycles. The number of carbonyl (C=O) groups is 2. The van der Waals surface area contributed by atoms with E-state index >= 15 is 0 Å². The first-order chi connectivity index (χ1) is 17.5. The second kappa shape index (κ2) is 11.6. The van der Waals surface area contributed by atoms with Crippen LogP contribution >= 0.6 is 0 Å². The van der Waals surface area contributed by atoms with Crippen molar-refractivity contribution in [2.45, 2.75) is 32.2 Å². The van der Waals surface area contributed by atoms with Gasteiger partial charge < -0.3 is 14.4 Å². The van der Waals surface area contributed by atoms with Crippen molar-refractivity contribution in [3.63, 3.8) is 0 Å². The van der Waals surface area contributed by atoms with Crippen molar-refractivity contribution >= 4 is 22.6 Å². The van der Waals surface area contributed by atoms with Gasteiger partial charge in [-0.15, -0.1) is 0 Å².